The van der Waals surface area contributed by atoms with Crippen LogP contribution in [-0.2, 0) is 0 Å². The molecule has 2 heterocycles. The van der Waals surface area contributed by atoms with E-state index >= 15 is 0 Å². The molecule has 0 amide bonds. The van der Waals surface area contributed by atoms with Gasteiger partial charge in [0, 0.05) is 25.0 Å². The highest BCUT2D eigenvalue weighted by Gasteiger charge is 2.47. The fraction of sp³-hybridized carbons (Fsp3) is 0.833. The third-order valence-electron chi connectivity index (χ3n) is 3.34. The summed E-state index contributed by atoms with van der Waals surface area (Å²) in [5.41, 5.74) is 1.48. The van der Waals surface area contributed by atoms with Crippen LogP contribution < -0.4 is 0 Å². The van der Waals surface area contributed by atoms with Crippen LogP contribution in [0.5, 0.6) is 0 Å². The first kappa shape index (κ1) is 10.2. The van der Waals surface area contributed by atoms with Gasteiger partial charge in [-0.1, -0.05) is 25.5 Å². The van der Waals surface area contributed by atoms with Gasteiger partial charge in [-0.2, -0.15) is 0 Å². The number of halogens is 1. The lowest BCUT2D eigenvalue weighted by atomic mass is 9.87. The van der Waals surface area contributed by atoms with Crippen molar-refractivity contribution >= 4 is 0 Å². The minimum Gasteiger partial charge on any atom is -0.287 e. The first-order valence-electron chi connectivity index (χ1n) is 5.59. The van der Waals surface area contributed by atoms with Crippen LogP contribution in [-0.4, -0.2) is 29.7 Å². The van der Waals surface area contributed by atoms with Crippen LogP contribution >= 0.6 is 0 Å². The molecule has 2 atom stereocenters. The average Bonchev–Trinajstić information content (AvgIpc) is 2.36. The molecule has 0 radical (unpaired) electrons. The molecular weight excluding hydrogens is 177 g/mol. The normalized spacial score (nSPS) is 37.8. The Morgan fingerprint density at radius 3 is 3.00 bits per heavy atom. The van der Waals surface area contributed by atoms with Crippen LogP contribution in [0.1, 0.15) is 33.6 Å². The van der Waals surface area contributed by atoms with Gasteiger partial charge in [0.1, 0.15) is 6.17 Å². The van der Waals surface area contributed by atoms with Crippen LogP contribution in [0.3, 0.4) is 0 Å². The molecule has 80 valence electrons. The Labute approximate surface area is 86.0 Å². The summed E-state index contributed by atoms with van der Waals surface area (Å²) in [6, 6.07) is 0. The standard InChI is InChI=1S/C12H20FN/c1-9(2)4-12-5-10(3)7-14(12)8-11(13)6-12/h5,9,11H,4,6-8H2,1-3H3/t11-,12+/m1/s1. The molecule has 1 saturated heterocycles. The van der Waals surface area contributed by atoms with Gasteiger partial charge in [-0.15, -0.1) is 0 Å². The van der Waals surface area contributed by atoms with Crippen molar-refractivity contribution in [3.63, 3.8) is 0 Å². The molecule has 0 saturated carbocycles. The van der Waals surface area contributed by atoms with Gasteiger partial charge in [0.15, 0.2) is 0 Å². The Morgan fingerprint density at radius 2 is 2.36 bits per heavy atom. The average molecular weight is 197 g/mol. The van der Waals surface area contributed by atoms with Crippen molar-refractivity contribution in [3.05, 3.63) is 11.6 Å². The van der Waals surface area contributed by atoms with Crippen molar-refractivity contribution in [1.29, 1.82) is 0 Å². The Kier molecular flexibility index (Phi) is 2.42. The molecule has 1 nitrogen and oxygen atoms in total. The molecule has 2 aliphatic heterocycles. The highest BCUT2D eigenvalue weighted by atomic mass is 19.1. The van der Waals surface area contributed by atoms with Gasteiger partial charge in [0.25, 0.3) is 0 Å². The molecule has 0 N–H and O–H groups in total. The summed E-state index contributed by atoms with van der Waals surface area (Å²) in [5.74, 6) is 0.643. The largest absolute Gasteiger partial charge is 0.287 e. The number of hydrogen-bond acceptors (Lipinski definition) is 1. The Balaban J connectivity index is 2.20. The summed E-state index contributed by atoms with van der Waals surface area (Å²) in [6.45, 7) is 8.22. The Bertz CT molecular complexity index is 259. The summed E-state index contributed by atoms with van der Waals surface area (Å²) in [7, 11) is 0. The minimum absolute atomic E-state index is 0.0671. The predicted molar refractivity (Wildman–Crippen MR) is 57.0 cm³/mol. The van der Waals surface area contributed by atoms with E-state index in [-0.39, 0.29) is 5.54 Å². The number of nitrogens with zero attached hydrogens (tertiary/aromatic N) is 1. The van der Waals surface area contributed by atoms with E-state index in [1.165, 1.54) is 5.57 Å². The van der Waals surface area contributed by atoms with Crippen molar-refractivity contribution < 1.29 is 4.39 Å². The lowest BCUT2D eigenvalue weighted by molar-refractivity contribution is 0.191. The molecule has 2 rings (SSSR count). The number of rotatable bonds is 2. The van der Waals surface area contributed by atoms with Gasteiger partial charge in [0.05, 0.1) is 0 Å². The molecule has 2 heteroatoms. The monoisotopic (exact) mass is 197 g/mol. The summed E-state index contributed by atoms with van der Waals surface area (Å²) < 4.78 is 13.4. The number of fused-ring (bicyclic) bond motifs is 1. The van der Waals surface area contributed by atoms with Crippen LogP contribution in [0.25, 0.3) is 0 Å². The topological polar surface area (TPSA) is 3.24 Å². The van der Waals surface area contributed by atoms with Crippen LogP contribution in [0.2, 0.25) is 0 Å². The zero-order valence-corrected chi connectivity index (χ0v) is 9.39. The molecule has 0 spiro atoms. The summed E-state index contributed by atoms with van der Waals surface area (Å²) in [6.07, 6.45) is 3.51. The quantitative estimate of drug-likeness (QED) is 0.615. The first-order chi connectivity index (χ1) is 6.52. The van der Waals surface area contributed by atoms with Gasteiger partial charge < -0.3 is 0 Å². The van der Waals surface area contributed by atoms with Crippen molar-refractivity contribution in [2.45, 2.75) is 45.3 Å². The number of hydrogen-bond donors (Lipinski definition) is 0. The highest BCUT2D eigenvalue weighted by Crippen LogP contribution is 2.42. The molecule has 0 aromatic carbocycles. The van der Waals surface area contributed by atoms with E-state index in [0.29, 0.717) is 18.9 Å². The third kappa shape index (κ3) is 1.60. The van der Waals surface area contributed by atoms with Gasteiger partial charge >= 0.3 is 0 Å². The second kappa shape index (κ2) is 3.34. The maximum atomic E-state index is 13.4. The smallest absolute Gasteiger partial charge is 0.115 e. The maximum absolute atomic E-state index is 13.4. The molecule has 2 aliphatic rings. The molecular formula is C12H20FN. The maximum Gasteiger partial charge on any atom is 0.115 e. The Morgan fingerprint density at radius 1 is 1.64 bits per heavy atom. The van der Waals surface area contributed by atoms with Gasteiger partial charge in [-0.25, -0.2) is 4.39 Å². The van der Waals surface area contributed by atoms with E-state index in [1.54, 1.807) is 0 Å². The van der Waals surface area contributed by atoms with Crippen molar-refractivity contribution in [1.82, 2.24) is 4.90 Å². The van der Waals surface area contributed by atoms with E-state index in [4.69, 9.17) is 0 Å². The summed E-state index contributed by atoms with van der Waals surface area (Å²) in [4.78, 5) is 2.33. The lowest BCUT2D eigenvalue weighted by Gasteiger charge is -2.32. The Hall–Kier alpha value is -0.370. The first-order valence-corrected chi connectivity index (χ1v) is 5.59. The van der Waals surface area contributed by atoms with Crippen molar-refractivity contribution in [2.75, 3.05) is 13.1 Å². The van der Waals surface area contributed by atoms with E-state index in [2.05, 4.69) is 31.7 Å². The summed E-state index contributed by atoms with van der Waals surface area (Å²) in [5, 5.41) is 0. The fourth-order valence-electron chi connectivity index (χ4n) is 3.15. The zero-order valence-electron chi connectivity index (χ0n) is 9.39. The lowest BCUT2D eigenvalue weighted by Crippen LogP contribution is -2.39. The molecule has 0 aliphatic carbocycles. The van der Waals surface area contributed by atoms with E-state index in [1.807, 2.05) is 0 Å². The highest BCUT2D eigenvalue weighted by molar-refractivity contribution is 5.25. The van der Waals surface area contributed by atoms with Crippen molar-refractivity contribution in [3.8, 4) is 0 Å². The molecule has 0 aromatic rings. The van der Waals surface area contributed by atoms with E-state index in [0.717, 1.165) is 13.0 Å². The minimum atomic E-state index is -0.613. The summed E-state index contributed by atoms with van der Waals surface area (Å²) >= 11 is 0. The SMILES string of the molecule is CC1=C[C@@]2(CC(C)C)C[C@@H](F)CN2C1. The van der Waals surface area contributed by atoms with Crippen LogP contribution in [0.15, 0.2) is 11.6 Å². The van der Waals surface area contributed by atoms with Crippen molar-refractivity contribution in [2.24, 2.45) is 5.92 Å². The van der Waals surface area contributed by atoms with Gasteiger partial charge in [0.2, 0.25) is 0 Å². The molecule has 0 aromatic heterocycles. The third-order valence-corrected chi connectivity index (χ3v) is 3.34. The second-order valence-corrected chi connectivity index (χ2v) is 5.37. The second-order valence-electron chi connectivity index (χ2n) is 5.37. The fourth-order valence-corrected chi connectivity index (χ4v) is 3.15. The molecule has 1 fully saturated rings. The zero-order chi connectivity index (χ0) is 10.3. The molecule has 0 unspecified atom stereocenters. The molecule has 0 bridgehead atoms. The predicted octanol–water partition coefficient (Wildman–Crippen LogP) is 2.78. The number of alkyl halides is 1. The van der Waals surface area contributed by atoms with Gasteiger partial charge in [-0.05, 0) is 19.3 Å². The van der Waals surface area contributed by atoms with Crippen LogP contribution in [0.4, 0.5) is 4.39 Å². The van der Waals surface area contributed by atoms with Crippen LogP contribution in [0, 0.1) is 5.92 Å². The molecule has 14 heavy (non-hydrogen) atoms. The van der Waals surface area contributed by atoms with E-state index in [9.17, 15) is 4.39 Å². The van der Waals surface area contributed by atoms with E-state index < -0.39 is 6.17 Å². The van der Waals surface area contributed by atoms with Gasteiger partial charge in [-0.3, -0.25) is 4.90 Å².